The number of aromatic hydroxyl groups is 1. The number of hydrogen-bond acceptors (Lipinski definition) is 28. The molecule has 1 aliphatic rings. The van der Waals surface area contributed by atoms with Crippen LogP contribution in [0.5, 0.6) is 5.75 Å². The molecule has 1 aromatic carbocycles. The zero-order valence-electron chi connectivity index (χ0n) is 56.0. The molecule has 0 bridgehead atoms. The summed E-state index contributed by atoms with van der Waals surface area (Å²) < 4.78 is 0. The Morgan fingerprint density at radius 1 is 0.534 bits per heavy atom. The molecule has 1 unspecified atom stereocenters. The first-order valence-electron chi connectivity index (χ1n) is 31.1. The Morgan fingerprint density at radius 2 is 0.951 bits per heavy atom. The maximum Gasteiger partial charge on any atom is 0.305 e. The Labute approximate surface area is 617 Å². The van der Waals surface area contributed by atoms with Crippen molar-refractivity contribution < 1.29 is 106 Å². The van der Waals surface area contributed by atoms with E-state index in [9.17, 15) is 101 Å². The highest BCUT2D eigenvalue weighted by molar-refractivity contribution is 8.00. The van der Waals surface area contributed by atoms with E-state index in [4.69, 9.17) is 16.3 Å². The van der Waals surface area contributed by atoms with Gasteiger partial charge >= 0.3 is 5.97 Å². The third-order valence-corrected chi connectivity index (χ3v) is 18.1. The first kappa shape index (κ1) is 90.3. The van der Waals surface area contributed by atoms with Gasteiger partial charge < -0.3 is 101 Å². The number of phenolic OH excluding ortho intramolecular Hbond substituents is 1. The molecule has 0 aromatic heterocycles. The summed E-state index contributed by atoms with van der Waals surface area (Å²) in [5.41, 5.74) is 11.6. The number of aliphatic carboxylic acids is 1. The summed E-state index contributed by atoms with van der Waals surface area (Å²) in [6, 6.07) is -4.43. The maximum absolute atomic E-state index is 13.6. The van der Waals surface area contributed by atoms with Crippen molar-refractivity contribution in [3.05, 3.63) is 29.8 Å². The Morgan fingerprint density at radius 3 is 1.40 bits per heavy atom. The minimum Gasteiger partial charge on any atom is -0.508 e. The van der Waals surface area contributed by atoms with Gasteiger partial charge in [0.05, 0.1) is 81.5 Å². The quantitative estimate of drug-likeness (QED) is 0.0125. The molecular weight excluding hydrogens is 1480 g/mol. The van der Waals surface area contributed by atoms with E-state index in [0.717, 1.165) is 35.3 Å². The molecule has 21 N–H and O–H groups in total. The average molecular weight is 1570 g/mol. The molecular formula is C57H86N18O22S6. The minimum atomic E-state index is -1.87. The number of primary amides is 1. The fourth-order valence-corrected chi connectivity index (χ4v) is 12.4. The van der Waals surface area contributed by atoms with Gasteiger partial charge in [-0.1, -0.05) is 12.1 Å². The first-order valence-corrected chi connectivity index (χ1v) is 36.8. The predicted octanol–water partition coefficient (Wildman–Crippen LogP) is -9.61. The third-order valence-electron chi connectivity index (χ3n) is 13.2. The molecule has 1 fully saturated rings. The van der Waals surface area contributed by atoms with Crippen molar-refractivity contribution in [2.24, 2.45) is 11.5 Å². The molecule has 103 heavy (non-hydrogen) atoms. The van der Waals surface area contributed by atoms with E-state index < -0.39 is 211 Å². The highest BCUT2D eigenvalue weighted by Crippen LogP contribution is 2.26. The number of carboxylic acid groups (broad SMARTS) is 1. The number of hydrogen-bond donors (Lipinski definition) is 21. The molecule has 1 saturated heterocycles. The van der Waals surface area contributed by atoms with Crippen LogP contribution in [0.3, 0.4) is 0 Å². The van der Waals surface area contributed by atoms with E-state index >= 15 is 0 Å². The van der Waals surface area contributed by atoms with Crippen molar-refractivity contribution in [1.82, 2.24) is 84.8 Å². The van der Waals surface area contributed by atoms with E-state index in [1.54, 1.807) is 6.92 Å². The highest BCUT2D eigenvalue weighted by atomic mass is 32.2. The lowest BCUT2D eigenvalue weighted by atomic mass is 10.0. The summed E-state index contributed by atoms with van der Waals surface area (Å²) in [6.45, 7) is -0.440. The Balaban J connectivity index is 2.02. The van der Waals surface area contributed by atoms with Crippen LogP contribution in [-0.4, -0.2) is 280 Å². The number of nitrogens with one attached hydrogen (secondary N) is 15. The number of thiol groups is 2. The van der Waals surface area contributed by atoms with Gasteiger partial charge in [0.1, 0.15) is 48.0 Å². The molecule has 8 atom stereocenters. The lowest BCUT2D eigenvalue weighted by Crippen LogP contribution is -2.58. The van der Waals surface area contributed by atoms with Gasteiger partial charge in [0.25, 0.3) is 11.8 Å². The molecule has 0 aliphatic carbocycles. The molecule has 0 saturated carbocycles. The monoisotopic (exact) mass is 1570 g/mol. The number of benzene rings is 1. The predicted molar refractivity (Wildman–Crippen MR) is 380 cm³/mol. The summed E-state index contributed by atoms with van der Waals surface area (Å²) in [4.78, 5) is 247. The topological polar surface area (TPSA) is 610 Å². The van der Waals surface area contributed by atoms with Gasteiger partial charge in [-0.05, 0) is 43.3 Å². The fourth-order valence-electron chi connectivity index (χ4n) is 8.05. The zero-order chi connectivity index (χ0) is 77.1. The van der Waals surface area contributed by atoms with Gasteiger partial charge in [0.15, 0.2) is 0 Å². The summed E-state index contributed by atoms with van der Waals surface area (Å²) in [5, 5.41) is 54.0. The van der Waals surface area contributed by atoms with Crippen molar-refractivity contribution in [3.8, 4) is 5.75 Å². The summed E-state index contributed by atoms with van der Waals surface area (Å²) in [6.07, 6.45) is -0.780. The van der Waals surface area contributed by atoms with Gasteiger partial charge in [0.2, 0.25) is 94.5 Å². The van der Waals surface area contributed by atoms with E-state index in [1.165, 1.54) is 49.9 Å². The van der Waals surface area contributed by atoms with E-state index in [2.05, 4.69) is 105 Å². The smallest absolute Gasteiger partial charge is 0.305 e. The minimum absolute atomic E-state index is 0.0339. The van der Waals surface area contributed by atoms with Crippen LogP contribution >= 0.6 is 72.3 Å². The van der Waals surface area contributed by atoms with Crippen LogP contribution in [0.4, 0.5) is 0 Å². The number of hydroxylamine groups is 2. The number of carbonyl (C=O) groups is 19. The normalized spacial score (nSPS) is 14.3. The first-order chi connectivity index (χ1) is 48.8. The molecule has 572 valence electrons. The van der Waals surface area contributed by atoms with Crippen LogP contribution in [0.15, 0.2) is 24.3 Å². The van der Waals surface area contributed by atoms with E-state index in [0.29, 0.717) is 29.3 Å². The molecule has 2 rings (SSSR count). The van der Waals surface area contributed by atoms with Crippen LogP contribution in [0.25, 0.3) is 0 Å². The summed E-state index contributed by atoms with van der Waals surface area (Å²) >= 11 is 12.0. The number of rotatable bonds is 50. The number of phenols is 1. The number of imide groups is 1. The van der Waals surface area contributed by atoms with Crippen LogP contribution < -0.4 is 91.2 Å². The van der Waals surface area contributed by atoms with Gasteiger partial charge in [-0.25, -0.2) is 0 Å². The van der Waals surface area contributed by atoms with Crippen molar-refractivity contribution in [2.75, 3.05) is 104 Å². The molecule has 18 amide bonds. The molecule has 1 aliphatic heterocycles. The summed E-state index contributed by atoms with van der Waals surface area (Å²) in [5.74, 6) is -18.2. The lowest BCUT2D eigenvalue weighted by molar-refractivity contribution is -0.186. The Bertz CT molecular complexity index is 3180. The number of carboxylic acids is 1. The molecule has 0 radical (unpaired) electrons. The standard InChI is InChI=1S/C57H86N18O22S6/c1-4-97-75-48(86)14-40(57(75)96)103-26-36(50(59)89)70-43(81)17-60-42(80)16-63-52(91)37(24-101-27-66-29(2)76)72-46(84)20-64-53(92)38(25-102-28-67-30(3)77)71-44(82)18-61-41(79)15-62-51(90)35(21-98)73-56(95)34(13-49(87)88)68-45(83)19-65-54(93)39(23-100-11-5-10-58)74-55(94)33(69-47(85)22-99)12-31-6-8-32(78)9-7-31/h6-9,33-40,78,98-99H,4-5,10-28,58H2,1-3H3,(H2,59,89)(H,60,80)(H,61,79)(H,62,90)(H,63,91)(H,64,92)(H,65,93)(H,66,76)(H,67,77)(H,68,83)(H,69,85)(H,70,81)(H,71,82)(H,72,84)(H,73,95)(H,74,94)(H,87,88)/t33-,34+,35+,36+,37+,38+,39+,40?/m1/s1. The van der Waals surface area contributed by atoms with Gasteiger partial charge in [0, 0.05) is 49.0 Å². The number of nitrogens with two attached hydrogens (primary N) is 2. The molecule has 1 aromatic rings. The van der Waals surface area contributed by atoms with Gasteiger partial charge in [-0.15, -0.1) is 35.3 Å². The fraction of sp³-hybridized carbons (Fsp3) is 0.561. The number of carbonyl (C=O) groups excluding carboxylic acids is 18. The largest absolute Gasteiger partial charge is 0.508 e. The summed E-state index contributed by atoms with van der Waals surface area (Å²) in [7, 11) is 0. The van der Waals surface area contributed by atoms with Crippen LogP contribution in [0, 0.1) is 0 Å². The van der Waals surface area contributed by atoms with Crippen LogP contribution in [0.2, 0.25) is 0 Å². The van der Waals surface area contributed by atoms with Crippen molar-refractivity contribution >= 4 is 185 Å². The highest BCUT2D eigenvalue weighted by Gasteiger charge is 2.41. The Hall–Kier alpha value is -8.83. The van der Waals surface area contributed by atoms with E-state index in [-0.39, 0.29) is 65.7 Å². The third kappa shape index (κ3) is 37.8. The van der Waals surface area contributed by atoms with Crippen LogP contribution in [-0.2, 0) is 102 Å². The molecule has 46 heteroatoms. The van der Waals surface area contributed by atoms with Crippen molar-refractivity contribution in [3.63, 3.8) is 0 Å². The van der Waals surface area contributed by atoms with Gasteiger partial charge in [-0.3, -0.25) is 95.9 Å². The lowest BCUT2D eigenvalue weighted by Gasteiger charge is -2.24. The second kappa shape index (κ2) is 49.7. The molecule has 1 heterocycles. The molecule has 0 spiro atoms. The zero-order valence-corrected chi connectivity index (χ0v) is 61.0. The Kier molecular flexibility index (Phi) is 43.6. The van der Waals surface area contributed by atoms with Crippen LogP contribution in [0.1, 0.15) is 45.6 Å². The number of amides is 18. The second-order valence-electron chi connectivity index (χ2n) is 21.5. The SMILES string of the molecule is CCON1C(=O)CC(SC[C@H](NC(=O)CNC(=O)CNC(=O)[C@H](CSCNC(C)=O)NC(=O)CNC(=O)[C@H](CSCNC(C)=O)NC(=O)CNC(=O)CNC(=O)[C@H](CS)NC(=O)[C@H](CC(=O)O)NC(=O)CNC(=O)[C@H](CSCCCN)NC(=O)[C@@H](Cc2ccc(O)cc2)NC(=O)CS)C(N)=O)C1=O. The average Bonchev–Trinajstić information content (AvgIpc) is 1.71. The maximum atomic E-state index is 13.6. The number of thioether (sulfide) groups is 4. The van der Waals surface area contributed by atoms with Crippen molar-refractivity contribution in [2.45, 2.75) is 94.0 Å². The second-order valence-corrected chi connectivity index (χ2v) is 26.7. The van der Waals surface area contributed by atoms with Gasteiger partial charge in [-0.2, -0.15) is 42.1 Å². The number of nitrogens with zero attached hydrogens (tertiary/aromatic N) is 1. The molecule has 40 nitrogen and oxygen atoms in total. The van der Waals surface area contributed by atoms with E-state index in [1.807, 2.05) is 0 Å². The van der Waals surface area contributed by atoms with Crippen molar-refractivity contribution in [1.29, 1.82) is 0 Å².